The average molecular weight is 235 g/mol. The van der Waals surface area contributed by atoms with Crippen molar-refractivity contribution in [2.24, 2.45) is 0 Å². The molecule has 96 valence electrons. The monoisotopic (exact) mass is 235 g/mol. The van der Waals surface area contributed by atoms with Crippen LogP contribution in [0.15, 0.2) is 18.6 Å². The molecule has 0 aliphatic heterocycles. The second kappa shape index (κ2) is 10.1. The van der Waals surface area contributed by atoms with Gasteiger partial charge in [-0.15, -0.1) is 0 Å². The van der Waals surface area contributed by atoms with Crippen LogP contribution >= 0.6 is 0 Å². The molecule has 0 aliphatic carbocycles. The van der Waals surface area contributed by atoms with Gasteiger partial charge >= 0.3 is 0 Å². The molecule has 0 atom stereocenters. The molecule has 1 heterocycles. The lowest BCUT2D eigenvalue weighted by molar-refractivity contribution is 0.581. The van der Waals surface area contributed by atoms with E-state index in [0.29, 0.717) is 0 Å². The quantitative estimate of drug-likeness (QED) is 0.622. The Balaban J connectivity index is 1.85. The van der Waals surface area contributed by atoms with Crippen molar-refractivity contribution in [2.45, 2.75) is 58.3 Å². The fraction of sp³-hybridized carbons (Fsp3) is 0.714. The van der Waals surface area contributed by atoms with Gasteiger partial charge in [0.15, 0.2) is 0 Å². The Morgan fingerprint density at radius 2 is 1.65 bits per heavy atom. The summed E-state index contributed by atoms with van der Waals surface area (Å²) in [4.78, 5) is 8.19. The van der Waals surface area contributed by atoms with Crippen LogP contribution in [0.4, 0.5) is 5.82 Å². The lowest BCUT2D eigenvalue weighted by atomic mass is 10.1. The van der Waals surface area contributed by atoms with E-state index in [1.165, 1.54) is 51.4 Å². The van der Waals surface area contributed by atoms with Gasteiger partial charge in [0, 0.05) is 18.9 Å². The van der Waals surface area contributed by atoms with E-state index in [0.717, 1.165) is 12.4 Å². The average Bonchev–Trinajstić information content (AvgIpc) is 2.38. The first kappa shape index (κ1) is 13.9. The number of hydrogen-bond acceptors (Lipinski definition) is 3. The van der Waals surface area contributed by atoms with E-state index >= 15 is 0 Å². The first-order valence-electron chi connectivity index (χ1n) is 6.93. The molecule has 0 amide bonds. The zero-order chi connectivity index (χ0) is 12.2. The van der Waals surface area contributed by atoms with E-state index in [2.05, 4.69) is 22.2 Å². The summed E-state index contributed by atoms with van der Waals surface area (Å²) in [5.41, 5.74) is 0. The lowest BCUT2D eigenvalue weighted by Gasteiger charge is -2.04. The van der Waals surface area contributed by atoms with Crippen LogP contribution in [0.5, 0.6) is 0 Å². The van der Waals surface area contributed by atoms with Crippen molar-refractivity contribution in [1.29, 1.82) is 0 Å². The zero-order valence-corrected chi connectivity index (χ0v) is 11.0. The van der Waals surface area contributed by atoms with E-state index < -0.39 is 0 Å². The van der Waals surface area contributed by atoms with Crippen LogP contribution in [-0.4, -0.2) is 16.5 Å². The highest BCUT2D eigenvalue weighted by molar-refractivity contribution is 5.29. The summed E-state index contributed by atoms with van der Waals surface area (Å²) >= 11 is 0. The Hall–Kier alpha value is -1.12. The van der Waals surface area contributed by atoms with E-state index in [-0.39, 0.29) is 0 Å². The van der Waals surface area contributed by atoms with Crippen molar-refractivity contribution in [3.63, 3.8) is 0 Å². The Morgan fingerprint density at radius 3 is 2.29 bits per heavy atom. The van der Waals surface area contributed by atoms with Crippen LogP contribution in [0.25, 0.3) is 0 Å². The van der Waals surface area contributed by atoms with Crippen molar-refractivity contribution < 1.29 is 0 Å². The molecule has 0 radical (unpaired) electrons. The Kier molecular flexibility index (Phi) is 8.25. The van der Waals surface area contributed by atoms with Gasteiger partial charge in [0.25, 0.3) is 0 Å². The SMILES string of the molecule is CCCCCCCCCCNc1cnccn1. The normalized spacial score (nSPS) is 10.4. The standard InChI is InChI=1S/C14H25N3/c1-2-3-4-5-6-7-8-9-10-16-14-13-15-11-12-17-14/h11-13H,2-10H2,1H3,(H,16,17). The molecule has 0 bridgehead atoms. The summed E-state index contributed by atoms with van der Waals surface area (Å²) in [5.74, 6) is 0.885. The van der Waals surface area contributed by atoms with Crippen LogP contribution < -0.4 is 5.32 Å². The molecule has 0 saturated heterocycles. The molecule has 1 N–H and O–H groups in total. The van der Waals surface area contributed by atoms with Crippen LogP contribution in [0.1, 0.15) is 58.3 Å². The molecule has 1 aromatic heterocycles. The van der Waals surface area contributed by atoms with Gasteiger partial charge < -0.3 is 5.32 Å². The number of anilines is 1. The molecule has 1 aromatic rings. The maximum atomic E-state index is 4.17. The van der Waals surface area contributed by atoms with Gasteiger partial charge in [0.05, 0.1) is 6.20 Å². The van der Waals surface area contributed by atoms with Crippen molar-refractivity contribution in [3.8, 4) is 0 Å². The number of nitrogens with one attached hydrogen (secondary N) is 1. The second-order valence-corrected chi connectivity index (χ2v) is 4.49. The number of aromatic nitrogens is 2. The molecule has 0 saturated carbocycles. The van der Waals surface area contributed by atoms with Gasteiger partial charge in [-0.25, -0.2) is 4.98 Å². The molecular formula is C14H25N3. The molecule has 3 heteroatoms. The fourth-order valence-electron chi connectivity index (χ4n) is 1.87. The van der Waals surface area contributed by atoms with Gasteiger partial charge in [-0.2, -0.15) is 0 Å². The molecule has 17 heavy (non-hydrogen) atoms. The minimum Gasteiger partial charge on any atom is -0.369 e. The minimum absolute atomic E-state index is 0.885. The topological polar surface area (TPSA) is 37.8 Å². The highest BCUT2D eigenvalue weighted by Gasteiger charge is 1.93. The maximum Gasteiger partial charge on any atom is 0.144 e. The Bertz CT molecular complexity index is 261. The number of unbranched alkanes of at least 4 members (excludes halogenated alkanes) is 7. The van der Waals surface area contributed by atoms with Crippen molar-refractivity contribution >= 4 is 5.82 Å². The van der Waals surface area contributed by atoms with E-state index in [1.807, 2.05) is 0 Å². The number of hydrogen-bond donors (Lipinski definition) is 1. The fourth-order valence-corrected chi connectivity index (χ4v) is 1.87. The van der Waals surface area contributed by atoms with Crippen molar-refractivity contribution in [2.75, 3.05) is 11.9 Å². The smallest absolute Gasteiger partial charge is 0.144 e. The minimum atomic E-state index is 0.885. The van der Waals surface area contributed by atoms with Gasteiger partial charge in [-0.05, 0) is 6.42 Å². The largest absolute Gasteiger partial charge is 0.369 e. The van der Waals surface area contributed by atoms with Crippen LogP contribution in [0, 0.1) is 0 Å². The number of rotatable bonds is 10. The third-order valence-corrected chi connectivity index (χ3v) is 2.90. The number of nitrogens with zero attached hydrogens (tertiary/aromatic N) is 2. The van der Waals surface area contributed by atoms with Gasteiger partial charge in [0.1, 0.15) is 5.82 Å². The first-order valence-corrected chi connectivity index (χ1v) is 6.93. The third-order valence-electron chi connectivity index (χ3n) is 2.90. The van der Waals surface area contributed by atoms with Gasteiger partial charge in [-0.3, -0.25) is 4.98 Å². The van der Waals surface area contributed by atoms with Crippen LogP contribution in [0.3, 0.4) is 0 Å². The summed E-state index contributed by atoms with van der Waals surface area (Å²) in [7, 11) is 0. The van der Waals surface area contributed by atoms with E-state index in [1.54, 1.807) is 18.6 Å². The predicted molar refractivity (Wildman–Crippen MR) is 73.1 cm³/mol. The maximum absolute atomic E-state index is 4.17. The van der Waals surface area contributed by atoms with Gasteiger partial charge in [0.2, 0.25) is 0 Å². The summed E-state index contributed by atoms with van der Waals surface area (Å²) in [6, 6.07) is 0. The first-order chi connectivity index (χ1) is 8.43. The Labute approximate surface area is 105 Å². The molecular weight excluding hydrogens is 210 g/mol. The molecule has 3 nitrogen and oxygen atoms in total. The summed E-state index contributed by atoms with van der Waals surface area (Å²) < 4.78 is 0. The molecule has 0 unspecified atom stereocenters. The predicted octanol–water partition coefficient (Wildman–Crippen LogP) is 4.03. The lowest BCUT2D eigenvalue weighted by Crippen LogP contribution is -2.03. The van der Waals surface area contributed by atoms with Crippen LogP contribution in [0.2, 0.25) is 0 Å². The van der Waals surface area contributed by atoms with E-state index in [4.69, 9.17) is 0 Å². The summed E-state index contributed by atoms with van der Waals surface area (Å²) in [5, 5.41) is 3.28. The van der Waals surface area contributed by atoms with Crippen molar-refractivity contribution in [1.82, 2.24) is 9.97 Å². The summed E-state index contributed by atoms with van der Waals surface area (Å²) in [6.07, 6.45) is 16.0. The van der Waals surface area contributed by atoms with Crippen molar-refractivity contribution in [3.05, 3.63) is 18.6 Å². The second-order valence-electron chi connectivity index (χ2n) is 4.49. The van der Waals surface area contributed by atoms with Crippen LogP contribution in [-0.2, 0) is 0 Å². The molecule has 1 rings (SSSR count). The zero-order valence-electron chi connectivity index (χ0n) is 11.0. The third kappa shape index (κ3) is 7.72. The highest BCUT2D eigenvalue weighted by atomic mass is 15.0. The Morgan fingerprint density at radius 1 is 0.941 bits per heavy atom. The van der Waals surface area contributed by atoms with E-state index in [9.17, 15) is 0 Å². The summed E-state index contributed by atoms with van der Waals surface area (Å²) in [6.45, 7) is 3.27. The highest BCUT2D eigenvalue weighted by Crippen LogP contribution is 2.08. The van der Waals surface area contributed by atoms with Gasteiger partial charge in [-0.1, -0.05) is 51.9 Å². The molecule has 0 aliphatic rings. The molecule has 0 aromatic carbocycles. The molecule has 0 spiro atoms. The molecule has 0 fully saturated rings.